The van der Waals surface area contributed by atoms with Gasteiger partial charge in [-0.3, -0.25) is 0 Å². The summed E-state index contributed by atoms with van der Waals surface area (Å²) in [5.74, 6) is 1.77. The Bertz CT molecular complexity index is 1270. The van der Waals surface area contributed by atoms with Crippen molar-refractivity contribution in [1.82, 2.24) is 0 Å². The Morgan fingerprint density at radius 3 is 1.69 bits per heavy atom. The molecule has 0 saturated heterocycles. The van der Waals surface area contributed by atoms with Crippen LogP contribution in [0.5, 0.6) is 17.2 Å². The average Bonchev–Trinajstić information content (AvgIpc) is 2.89. The number of benzene rings is 4. The van der Waals surface area contributed by atoms with E-state index in [-0.39, 0.29) is 5.75 Å². The molecule has 1 unspecified atom stereocenters. The summed E-state index contributed by atoms with van der Waals surface area (Å²) in [7, 11) is 0. The van der Waals surface area contributed by atoms with Crippen LogP contribution in [-0.4, -0.2) is 11.4 Å². The second-order valence-corrected chi connectivity index (χ2v) is 8.00. The average molecular weight is 461 g/mol. The third-order valence-electron chi connectivity index (χ3n) is 5.19. The Labute approximate surface area is 206 Å². The van der Waals surface area contributed by atoms with Gasteiger partial charge in [-0.25, -0.2) is 0 Å². The molecule has 0 saturated carbocycles. The molecule has 0 heterocycles. The highest BCUT2D eigenvalue weighted by molar-refractivity contribution is 5.68. The Hall–Kier alpha value is -4.50. The van der Waals surface area contributed by atoms with E-state index in [9.17, 15) is 5.11 Å². The molecule has 0 amide bonds. The van der Waals surface area contributed by atoms with Crippen LogP contribution in [0.25, 0.3) is 18.2 Å². The van der Waals surface area contributed by atoms with Crippen molar-refractivity contribution < 1.29 is 14.6 Å². The minimum Gasteiger partial charge on any atom is -0.508 e. The van der Waals surface area contributed by atoms with Crippen molar-refractivity contribution in [3.05, 3.63) is 144 Å². The molecule has 174 valence electrons. The number of ether oxygens (including phenoxy) is 2. The van der Waals surface area contributed by atoms with Gasteiger partial charge in [-0.1, -0.05) is 97.1 Å². The lowest BCUT2D eigenvalue weighted by molar-refractivity contribution is 0.0223. The number of rotatable bonds is 9. The van der Waals surface area contributed by atoms with Crippen molar-refractivity contribution >= 4 is 18.2 Å². The maximum absolute atomic E-state index is 9.53. The predicted molar refractivity (Wildman–Crippen MR) is 144 cm³/mol. The molecule has 1 N–H and O–H groups in total. The first-order chi connectivity index (χ1) is 17.1. The zero-order valence-electron chi connectivity index (χ0n) is 19.6. The van der Waals surface area contributed by atoms with Crippen LogP contribution in [0.15, 0.2) is 127 Å². The van der Waals surface area contributed by atoms with Gasteiger partial charge >= 0.3 is 0 Å². The monoisotopic (exact) mass is 460 g/mol. The van der Waals surface area contributed by atoms with E-state index in [0.29, 0.717) is 0 Å². The van der Waals surface area contributed by atoms with Crippen molar-refractivity contribution in [2.75, 3.05) is 0 Å². The van der Waals surface area contributed by atoms with Gasteiger partial charge in [0.25, 0.3) is 0 Å². The molecule has 1 atom stereocenters. The van der Waals surface area contributed by atoms with Crippen molar-refractivity contribution in [2.45, 2.75) is 13.2 Å². The zero-order chi connectivity index (χ0) is 24.3. The highest BCUT2D eigenvalue weighted by atomic mass is 16.7. The maximum Gasteiger partial charge on any atom is 0.238 e. The Morgan fingerprint density at radius 1 is 0.600 bits per heavy atom. The molecular formula is C32H28O3. The molecular weight excluding hydrogens is 432 g/mol. The van der Waals surface area contributed by atoms with E-state index in [1.165, 1.54) is 0 Å². The molecule has 4 aromatic rings. The molecule has 4 rings (SSSR count). The summed E-state index contributed by atoms with van der Waals surface area (Å²) in [6, 6.07) is 34.9. The molecule has 4 aromatic carbocycles. The summed E-state index contributed by atoms with van der Waals surface area (Å²) < 4.78 is 11.7. The van der Waals surface area contributed by atoms with Gasteiger partial charge in [0.15, 0.2) is 0 Å². The second kappa shape index (κ2) is 12.1. The number of phenols is 1. The Kier molecular flexibility index (Phi) is 8.18. The molecule has 0 bridgehead atoms. The van der Waals surface area contributed by atoms with Gasteiger partial charge in [0.1, 0.15) is 17.2 Å². The largest absolute Gasteiger partial charge is 0.508 e. The van der Waals surface area contributed by atoms with E-state index in [1.54, 1.807) is 12.1 Å². The van der Waals surface area contributed by atoms with E-state index >= 15 is 0 Å². The summed E-state index contributed by atoms with van der Waals surface area (Å²) in [4.78, 5) is 0. The third-order valence-corrected chi connectivity index (χ3v) is 5.19. The summed E-state index contributed by atoms with van der Waals surface area (Å²) in [6.45, 7) is 1.88. The lowest BCUT2D eigenvalue weighted by atomic mass is 10.1. The third kappa shape index (κ3) is 7.79. The van der Waals surface area contributed by atoms with Crippen LogP contribution in [0.2, 0.25) is 0 Å². The van der Waals surface area contributed by atoms with Gasteiger partial charge in [0.2, 0.25) is 6.29 Å². The van der Waals surface area contributed by atoms with Crippen LogP contribution in [-0.2, 0) is 0 Å². The Balaban J connectivity index is 1.49. The fraction of sp³-hybridized carbons (Fsp3) is 0.0625. The summed E-state index contributed by atoms with van der Waals surface area (Å²) in [5.41, 5.74) is 4.24. The van der Waals surface area contributed by atoms with Gasteiger partial charge in [0, 0.05) is 6.92 Å². The smallest absolute Gasteiger partial charge is 0.238 e. The van der Waals surface area contributed by atoms with Gasteiger partial charge in [0.05, 0.1) is 0 Å². The van der Waals surface area contributed by atoms with Gasteiger partial charge in [-0.2, -0.15) is 0 Å². The van der Waals surface area contributed by atoms with E-state index in [2.05, 4.69) is 36.4 Å². The molecule has 0 aliphatic carbocycles. The van der Waals surface area contributed by atoms with Crippen LogP contribution >= 0.6 is 0 Å². The first kappa shape index (κ1) is 23.7. The summed E-state index contributed by atoms with van der Waals surface area (Å²) in [5, 5.41) is 9.53. The van der Waals surface area contributed by atoms with E-state index in [0.717, 1.165) is 33.8 Å². The molecule has 3 nitrogen and oxygen atoms in total. The number of aromatic hydroxyl groups is 1. The predicted octanol–water partition coefficient (Wildman–Crippen LogP) is 8.01. The number of allylic oxidation sites excluding steroid dienone is 3. The quantitative estimate of drug-likeness (QED) is 0.203. The van der Waals surface area contributed by atoms with E-state index < -0.39 is 6.29 Å². The van der Waals surface area contributed by atoms with Gasteiger partial charge in [-0.15, -0.1) is 0 Å². The van der Waals surface area contributed by atoms with Gasteiger partial charge in [-0.05, 0) is 64.7 Å². The molecule has 35 heavy (non-hydrogen) atoms. The fourth-order valence-electron chi connectivity index (χ4n) is 3.43. The normalized spacial score (nSPS) is 12.7. The van der Waals surface area contributed by atoms with Crippen LogP contribution in [0.4, 0.5) is 0 Å². The standard InChI is InChI=1S/C32H28O3/c1-25(34-31-10-6-3-7-11-31)35-32-22-18-29(19-23-32)24-28(14-12-26-8-4-2-5-9-26)15-13-27-16-20-30(33)21-17-27/h2-25,33H,1H3. The van der Waals surface area contributed by atoms with Crippen LogP contribution in [0.1, 0.15) is 23.6 Å². The minimum atomic E-state index is -0.406. The lowest BCUT2D eigenvalue weighted by Gasteiger charge is -2.16. The van der Waals surface area contributed by atoms with Crippen molar-refractivity contribution in [1.29, 1.82) is 0 Å². The first-order valence-electron chi connectivity index (χ1n) is 11.5. The maximum atomic E-state index is 9.53. The molecule has 3 heteroatoms. The fourth-order valence-corrected chi connectivity index (χ4v) is 3.43. The minimum absolute atomic E-state index is 0.257. The molecule has 0 fully saturated rings. The molecule has 0 spiro atoms. The second-order valence-electron chi connectivity index (χ2n) is 8.00. The SMILES string of the molecule is CC(Oc1ccccc1)Oc1ccc(C=C(C=Cc2ccccc2)C=Cc2ccc(O)cc2)cc1. The molecule has 0 radical (unpaired) electrons. The number of phenolic OH excluding ortho intramolecular Hbond substituents is 1. The highest BCUT2D eigenvalue weighted by Crippen LogP contribution is 2.20. The number of hydrogen-bond donors (Lipinski definition) is 1. The van der Waals surface area contributed by atoms with E-state index in [1.807, 2.05) is 97.9 Å². The van der Waals surface area contributed by atoms with Crippen LogP contribution in [0.3, 0.4) is 0 Å². The van der Waals surface area contributed by atoms with Gasteiger partial charge < -0.3 is 14.6 Å². The molecule has 0 aromatic heterocycles. The zero-order valence-corrected chi connectivity index (χ0v) is 19.6. The number of para-hydroxylation sites is 1. The van der Waals surface area contributed by atoms with Crippen molar-refractivity contribution in [3.63, 3.8) is 0 Å². The van der Waals surface area contributed by atoms with E-state index in [4.69, 9.17) is 9.47 Å². The lowest BCUT2D eigenvalue weighted by Crippen LogP contribution is -2.19. The van der Waals surface area contributed by atoms with Crippen molar-refractivity contribution in [3.8, 4) is 17.2 Å². The molecule has 0 aliphatic rings. The summed E-state index contributed by atoms with van der Waals surface area (Å²) in [6.07, 6.45) is 9.98. The van der Waals surface area contributed by atoms with Crippen LogP contribution in [0, 0.1) is 0 Å². The first-order valence-corrected chi connectivity index (χ1v) is 11.5. The molecule has 0 aliphatic heterocycles. The van der Waals surface area contributed by atoms with Crippen LogP contribution < -0.4 is 9.47 Å². The summed E-state index contributed by atoms with van der Waals surface area (Å²) >= 11 is 0. The van der Waals surface area contributed by atoms with Crippen molar-refractivity contribution in [2.24, 2.45) is 0 Å². The highest BCUT2D eigenvalue weighted by Gasteiger charge is 2.05. The Morgan fingerprint density at radius 2 is 1.09 bits per heavy atom. The number of hydrogen-bond acceptors (Lipinski definition) is 3. The topological polar surface area (TPSA) is 38.7 Å².